The van der Waals surface area contributed by atoms with Crippen molar-refractivity contribution in [2.24, 2.45) is 4.99 Å². The van der Waals surface area contributed by atoms with E-state index < -0.39 is 0 Å². The van der Waals surface area contributed by atoms with E-state index in [0.717, 1.165) is 31.8 Å². The number of nitrogens with one attached hydrogen (secondary N) is 1. The van der Waals surface area contributed by atoms with Gasteiger partial charge in [-0.3, -0.25) is 4.99 Å². The topological polar surface area (TPSA) is 24.4 Å². The highest BCUT2D eigenvalue weighted by molar-refractivity contribution is 6.11. The average Bonchev–Trinajstić information content (AvgIpc) is 2.79. The third-order valence-corrected chi connectivity index (χ3v) is 6.03. The fourth-order valence-corrected chi connectivity index (χ4v) is 4.57. The first kappa shape index (κ1) is 17.9. The second-order valence-electron chi connectivity index (χ2n) is 8.01. The first-order valence-electron chi connectivity index (χ1n) is 10.6. The summed E-state index contributed by atoms with van der Waals surface area (Å²) in [4.78, 5) is 4.86. The van der Waals surface area contributed by atoms with E-state index in [1.807, 2.05) is 0 Å². The summed E-state index contributed by atoms with van der Waals surface area (Å²) in [6.07, 6.45) is 2.12. The van der Waals surface area contributed by atoms with Crippen LogP contribution in [0.5, 0.6) is 0 Å². The molecular weight excluding hydrogens is 352 g/mol. The van der Waals surface area contributed by atoms with Crippen LogP contribution in [0.4, 0.5) is 0 Å². The lowest BCUT2D eigenvalue weighted by atomic mass is 9.86. The maximum atomic E-state index is 4.86. The Balaban J connectivity index is 1.61. The second-order valence-corrected chi connectivity index (χ2v) is 8.01. The van der Waals surface area contributed by atoms with E-state index in [2.05, 4.69) is 91.1 Å². The zero-order valence-corrected chi connectivity index (χ0v) is 16.9. The molecular formula is C27H26N2. The van der Waals surface area contributed by atoms with Gasteiger partial charge in [0.1, 0.15) is 5.84 Å². The van der Waals surface area contributed by atoms with Crippen LogP contribution in [-0.4, -0.2) is 18.9 Å². The van der Waals surface area contributed by atoms with E-state index in [4.69, 9.17) is 4.99 Å². The van der Waals surface area contributed by atoms with Crippen LogP contribution in [0, 0.1) is 0 Å². The van der Waals surface area contributed by atoms with Gasteiger partial charge in [-0.05, 0) is 51.4 Å². The molecule has 0 amide bonds. The Labute approximate surface area is 172 Å². The predicted molar refractivity (Wildman–Crippen MR) is 124 cm³/mol. The molecule has 1 unspecified atom stereocenters. The Kier molecular flexibility index (Phi) is 4.77. The molecule has 2 nitrogen and oxygen atoms in total. The molecule has 0 fully saturated rings. The molecule has 0 saturated carbocycles. The number of benzene rings is 4. The van der Waals surface area contributed by atoms with Crippen LogP contribution in [0.25, 0.3) is 21.5 Å². The highest BCUT2D eigenvalue weighted by atomic mass is 15.0. The van der Waals surface area contributed by atoms with Crippen molar-refractivity contribution in [1.29, 1.82) is 0 Å². The smallest absolute Gasteiger partial charge is 0.129 e. The van der Waals surface area contributed by atoms with E-state index in [1.165, 1.54) is 38.2 Å². The number of hydrogen-bond donors (Lipinski definition) is 1. The van der Waals surface area contributed by atoms with Crippen molar-refractivity contribution in [1.82, 2.24) is 5.32 Å². The van der Waals surface area contributed by atoms with Gasteiger partial charge >= 0.3 is 0 Å². The molecule has 2 heteroatoms. The van der Waals surface area contributed by atoms with E-state index >= 15 is 0 Å². The molecule has 4 aromatic carbocycles. The van der Waals surface area contributed by atoms with Crippen LogP contribution in [0.15, 0.2) is 83.9 Å². The van der Waals surface area contributed by atoms with Gasteiger partial charge < -0.3 is 5.32 Å². The van der Waals surface area contributed by atoms with E-state index in [0.29, 0.717) is 5.92 Å². The number of hydrogen-bond acceptors (Lipinski definition) is 2. The minimum atomic E-state index is 0.395. The summed E-state index contributed by atoms with van der Waals surface area (Å²) in [6, 6.07) is 28.6. The van der Waals surface area contributed by atoms with Crippen molar-refractivity contribution in [2.45, 2.75) is 25.7 Å². The standard InChI is InChI=1S/C27H26N2/c1-19(18-22-11-6-10-20-8-2-4-12-24(20)22)23-15-14-21-9-3-5-13-25(21)26(23)27-28-16-7-17-29-27/h2-6,8-15,19H,7,16-18H2,1H3,(H,28,29). The van der Waals surface area contributed by atoms with Crippen LogP contribution in [0.2, 0.25) is 0 Å². The third kappa shape index (κ3) is 3.40. The molecule has 0 aliphatic carbocycles. The lowest BCUT2D eigenvalue weighted by molar-refractivity contribution is 0.733. The summed E-state index contributed by atoms with van der Waals surface area (Å²) in [6.45, 7) is 4.25. The molecule has 29 heavy (non-hydrogen) atoms. The van der Waals surface area contributed by atoms with Crippen molar-refractivity contribution >= 4 is 27.4 Å². The molecule has 0 spiro atoms. The van der Waals surface area contributed by atoms with Crippen LogP contribution in [0.1, 0.15) is 36.0 Å². The van der Waals surface area contributed by atoms with E-state index in [1.54, 1.807) is 0 Å². The summed E-state index contributed by atoms with van der Waals surface area (Å²) in [5.41, 5.74) is 4.08. The van der Waals surface area contributed by atoms with Crippen LogP contribution >= 0.6 is 0 Å². The quantitative estimate of drug-likeness (QED) is 0.457. The lowest BCUT2D eigenvalue weighted by Crippen LogP contribution is -2.31. The van der Waals surface area contributed by atoms with Crippen molar-refractivity contribution in [3.05, 3.63) is 95.6 Å². The lowest BCUT2D eigenvalue weighted by Gasteiger charge is -2.23. The molecule has 1 N–H and O–H groups in total. The van der Waals surface area contributed by atoms with Crippen LogP contribution in [0.3, 0.4) is 0 Å². The molecule has 0 saturated heterocycles. The summed E-state index contributed by atoms with van der Waals surface area (Å²) < 4.78 is 0. The summed E-state index contributed by atoms with van der Waals surface area (Å²) in [5, 5.41) is 8.81. The van der Waals surface area contributed by atoms with Crippen molar-refractivity contribution in [3.63, 3.8) is 0 Å². The Bertz CT molecular complexity index is 1200. The summed E-state index contributed by atoms with van der Waals surface area (Å²) >= 11 is 0. The largest absolute Gasteiger partial charge is 0.370 e. The first-order valence-corrected chi connectivity index (χ1v) is 10.6. The monoisotopic (exact) mass is 378 g/mol. The molecule has 0 aromatic heterocycles. The van der Waals surface area contributed by atoms with Gasteiger partial charge in [-0.15, -0.1) is 0 Å². The molecule has 144 valence electrons. The number of rotatable bonds is 4. The number of amidine groups is 1. The summed E-state index contributed by atoms with van der Waals surface area (Å²) in [7, 11) is 0. The fourth-order valence-electron chi connectivity index (χ4n) is 4.57. The highest BCUT2D eigenvalue weighted by Crippen LogP contribution is 2.32. The minimum absolute atomic E-state index is 0.395. The molecule has 4 aromatic rings. The Hall–Kier alpha value is -3.13. The summed E-state index contributed by atoms with van der Waals surface area (Å²) in [5.74, 6) is 1.46. The molecule has 0 radical (unpaired) electrons. The third-order valence-electron chi connectivity index (χ3n) is 6.03. The van der Waals surface area contributed by atoms with Gasteiger partial charge in [0.25, 0.3) is 0 Å². The molecule has 1 aliphatic heterocycles. The SMILES string of the molecule is CC(Cc1cccc2ccccc12)c1ccc2ccccc2c1C1=NCCCN1. The molecule has 5 rings (SSSR count). The first-order chi connectivity index (χ1) is 14.3. The highest BCUT2D eigenvalue weighted by Gasteiger charge is 2.20. The van der Waals surface area contributed by atoms with Crippen LogP contribution in [-0.2, 0) is 6.42 Å². The fraction of sp³-hybridized carbons (Fsp3) is 0.222. The Morgan fingerprint density at radius 1 is 0.828 bits per heavy atom. The second kappa shape index (κ2) is 7.71. The number of nitrogens with zero attached hydrogens (tertiary/aromatic N) is 1. The van der Waals surface area contributed by atoms with Gasteiger partial charge in [-0.2, -0.15) is 0 Å². The van der Waals surface area contributed by atoms with Crippen molar-refractivity contribution in [3.8, 4) is 0 Å². The average molecular weight is 379 g/mol. The molecule has 1 atom stereocenters. The van der Waals surface area contributed by atoms with Crippen molar-refractivity contribution in [2.75, 3.05) is 13.1 Å². The Morgan fingerprint density at radius 3 is 2.34 bits per heavy atom. The maximum Gasteiger partial charge on any atom is 0.129 e. The van der Waals surface area contributed by atoms with Gasteiger partial charge in [0.15, 0.2) is 0 Å². The van der Waals surface area contributed by atoms with Gasteiger partial charge in [-0.1, -0.05) is 85.8 Å². The molecule has 1 aliphatic rings. The zero-order chi connectivity index (χ0) is 19.6. The maximum absolute atomic E-state index is 4.86. The van der Waals surface area contributed by atoms with Gasteiger partial charge in [0.05, 0.1) is 0 Å². The van der Waals surface area contributed by atoms with E-state index in [-0.39, 0.29) is 0 Å². The van der Waals surface area contributed by atoms with Crippen LogP contribution < -0.4 is 5.32 Å². The Morgan fingerprint density at radius 2 is 1.55 bits per heavy atom. The normalized spacial score (nSPS) is 15.1. The number of aliphatic imine (C=N–C) groups is 1. The van der Waals surface area contributed by atoms with Gasteiger partial charge in [0.2, 0.25) is 0 Å². The van der Waals surface area contributed by atoms with Gasteiger partial charge in [0, 0.05) is 18.7 Å². The molecule has 1 heterocycles. The zero-order valence-electron chi connectivity index (χ0n) is 16.9. The van der Waals surface area contributed by atoms with E-state index in [9.17, 15) is 0 Å². The number of fused-ring (bicyclic) bond motifs is 2. The molecule has 0 bridgehead atoms. The van der Waals surface area contributed by atoms with Crippen molar-refractivity contribution < 1.29 is 0 Å². The predicted octanol–water partition coefficient (Wildman–Crippen LogP) is 6.08. The minimum Gasteiger partial charge on any atom is -0.370 e. The van der Waals surface area contributed by atoms with Gasteiger partial charge in [-0.25, -0.2) is 0 Å².